The first kappa shape index (κ1) is 12.6. The molecular formula is C14H13ClN2O. The number of aryl methyl sites for hydroxylation is 2. The molecule has 0 bridgehead atoms. The van der Waals surface area contributed by atoms with Crippen molar-refractivity contribution in [3.63, 3.8) is 0 Å². The zero-order chi connectivity index (χ0) is 13.1. The van der Waals surface area contributed by atoms with Crippen molar-refractivity contribution < 1.29 is 4.79 Å². The lowest BCUT2D eigenvalue weighted by atomic mass is 10.1. The van der Waals surface area contributed by atoms with Gasteiger partial charge in [-0.15, -0.1) is 0 Å². The van der Waals surface area contributed by atoms with Crippen LogP contribution in [-0.2, 0) is 0 Å². The first-order valence-electron chi connectivity index (χ1n) is 5.56. The van der Waals surface area contributed by atoms with Crippen molar-refractivity contribution in [2.75, 3.05) is 5.32 Å². The van der Waals surface area contributed by atoms with Gasteiger partial charge in [0.1, 0.15) is 5.15 Å². The minimum absolute atomic E-state index is 0.147. The summed E-state index contributed by atoms with van der Waals surface area (Å²) >= 11 is 5.68. The van der Waals surface area contributed by atoms with E-state index in [2.05, 4.69) is 10.3 Å². The van der Waals surface area contributed by atoms with E-state index in [4.69, 9.17) is 11.6 Å². The molecular weight excluding hydrogens is 248 g/mol. The van der Waals surface area contributed by atoms with Crippen LogP contribution in [0.5, 0.6) is 0 Å². The number of nitrogens with zero attached hydrogens (tertiary/aromatic N) is 1. The fourth-order valence-corrected chi connectivity index (χ4v) is 1.87. The van der Waals surface area contributed by atoms with Crippen molar-refractivity contribution in [1.29, 1.82) is 0 Å². The molecule has 92 valence electrons. The number of carbonyl (C=O) groups is 1. The largest absolute Gasteiger partial charge is 0.321 e. The predicted octanol–water partition coefficient (Wildman–Crippen LogP) is 3.60. The van der Waals surface area contributed by atoms with Crippen LogP contribution in [0.15, 0.2) is 36.5 Å². The highest BCUT2D eigenvalue weighted by Crippen LogP contribution is 2.13. The summed E-state index contributed by atoms with van der Waals surface area (Å²) < 4.78 is 0. The number of aromatic nitrogens is 1. The number of rotatable bonds is 2. The highest BCUT2D eigenvalue weighted by molar-refractivity contribution is 6.29. The van der Waals surface area contributed by atoms with Gasteiger partial charge >= 0.3 is 0 Å². The van der Waals surface area contributed by atoms with E-state index in [1.54, 1.807) is 12.1 Å². The molecule has 1 heterocycles. The first-order chi connectivity index (χ1) is 8.54. The molecule has 0 unspecified atom stereocenters. The van der Waals surface area contributed by atoms with E-state index in [1.807, 2.05) is 32.0 Å². The molecule has 1 amide bonds. The summed E-state index contributed by atoms with van der Waals surface area (Å²) in [4.78, 5) is 15.9. The number of pyridine rings is 1. The second-order valence-corrected chi connectivity index (χ2v) is 4.59. The third kappa shape index (κ3) is 3.08. The maximum absolute atomic E-state index is 12.0. The lowest BCUT2D eigenvalue weighted by molar-refractivity contribution is 0.102. The van der Waals surface area contributed by atoms with E-state index in [-0.39, 0.29) is 5.91 Å². The molecule has 0 saturated carbocycles. The van der Waals surface area contributed by atoms with Crippen molar-refractivity contribution in [2.45, 2.75) is 13.8 Å². The Bertz CT molecular complexity index is 559. The molecule has 1 aromatic heterocycles. The first-order valence-corrected chi connectivity index (χ1v) is 5.93. The molecule has 2 aromatic rings. The number of anilines is 1. The van der Waals surface area contributed by atoms with Crippen LogP contribution in [-0.4, -0.2) is 10.9 Å². The normalized spacial score (nSPS) is 10.2. The number of halogens is 1. The Kier molecular flexibility index (Phi) is 3.63. The fourth-order valence-electron chi connectivity index (χ4n) is 1.76. The summed E-state index contributed by atoms with van der Waals surface area (Å²) in [7, 11) is 0. The molecule has 1 aromatic carbocycles. The molecule has 1 N–H and O–H groups in total. The van der Waals surface area contributed by atoms with Crippen LogP contribution in [0, 0.1) is 13.8 Å². The number of nitrogens with one attached hydrogen (secondary N) is 1. The highest BCUT2D eigenvalue weighted by atomic mass is 35.5. The van der Waals surface area contributed by atoms with E-state index < -0.39 is 0 Å². The quantitative estimate of drug-likeness (QED) is 0.839. The van der Waals surface area contributed by atoms with Gasteiger partial charge in [0, 0.05) is 5.56 Å². The fraction of sp³-hybridized carbons (Fsp3) is 0.143. The summed E-state index contributed by atoms with van der Waals surface area (Å²) in [6.45, 7) is 3.93. The highest BCUT2D eigenvalue weighted by Gasteiger charge is 2.07. The van der Waals surface area contributed by atoms with Crippen molar-refractivity contribution in [1.82, 2.24) is 4.98 Å². The SMILES string of the molecule is Cc1cc(C)cc(C(=O)Nc2ccc(Cl)nc2)c1. The Hall–Kier alpha value is -1.87. The summed E-state index contributed by atoms with van der Waals surface area (Å²) in [5.41, 5.74) is 3.40. The van der Waals surface area contributed by atoms with Crippen LogP contribution >= 0.6 is 11.6 Å². The molecule has 0 aliphatic heterocycles. The Morgan fingerprint density at radius 3 is 2.39 bits per heavy atom. The molecule has 2 rings (SSSR count). The monoisotopic (exact) mass is 260 g/mol. The van der Waals surface area contributed by atoms with Gasteiger partial charge in [0.05, 0.1) is 11.9 Å². The van der Waals surface area contributed by atoms with Crippen LogP contribution in [0.25, 0.3) is 0 Å². The van der Waals surface area contributed by atoms with Gasteiger partial charge in [-0.25, -0.2) is 4.98 Å². The smallest absolute Gasteiger partial charge is 0.255 e. The Morgan fingerprint density at radius 1 is 1.17 bits per heavy atom. The van der Waals surface area contributed by atoms with Gasteiger partial charge in [0.2, 0.25) is 0 Å². The number of benzene rings is 1. The van der Waals surface area contributed by atoms with Crippen LogP contribution in [0.2, 0.25) is 5.15 Å². The van der Waals surface area contributed by atoms with Crippen molar-refractivity contribution in [2.24, 2.45) is 0 Å². The van der Waals surface area contributed by atoms with E-state index >= 15 is 0 Å². The Labute approximate surface area is 111 Å². The summed E-state index contributed by atoms with van der Waals surface area (Å²) in [6, 6.07) is 9.09. The van der Waals surface area contributed by atoms with Crippen LogP contribution in [0.1, 0.15) is 21.5 Å². The molecule has 4 heteroatoms. The molecule has 18 heavy (non-hydrogen) atoms. The summed E-state index contributed by atoms with van der Waals surface area (Å²) in [5, 5.41) is 3.18. The maximum Gasteiger partial charge on any atom is 0.255 e. The van der Waals surface area contributed by atoms with Gasteiger partial charge in [0.15, 0.2) is 0 Å². The Balaban J connectivity index is 2.19. The van der Waals surface area contributed by atoms with Crippen molar-refractivity contribution in [3.8, 4) is 0 Å². The second-order valence-electron chi connectivity index (χ2n) is 4.20. The third-order valence-electron chi connectivity index (χ3n) is 2.47. The minimum Gasteiger partial charge on any atom is -0.321 e. The van der Waals surface area contributed by atoms with Crippen LogP contribution in [0.4, 0.5) is 5.69 Å². The minimum atomic E-state index is -0.147. The number of amides is 1. The average molecular weight is 261 g/mol. The molecule has 0 saturated heterocycles. The second kappa shape index (κ2) is 5.19. The van der Waals surface area contributed by atoms with E-state index in [0.717, 1.165) is 11.1 Å². The van der Waals surface area contributed by atoms with Crippen molar-refractivity contribution >= 4 is 23.2 Å². The standard InChI is InChI=1S/C14H13ClN2O/c1-9-5-10(2)7-11(6-9)14(18)17-12-3-4-13(15)16-8-12/h3-8H,1-2H3,(H,17,18). The van der Waals surface area contributed by atoms with E-state index in [0.29, 0.717) is 16.4 Å². The zero-order valence-corrected chi connectivity index (χ0v) is 11.0. The summed E-state index contributed by atoms with van der Waals surface area (Å²) in [6.07, 6.45) is 1.53. The van der Waals surface area contributed by atoms with Gasteiger partial charge < -0.3 is 5.32 Å². The van der Waals surface area contributed by atoms with Gasteiger partial charge in [-0.05, 0) is 38.1 Å². The van der Waals surface area contributed by atoms with Gasteiger partial charge in [-0.2, -0.15) is 0 Å². The van der Waals surface area contributed by atoms with Gasteiger partial charge in [-0.3, -0.25) is 4.79 Å². The van der Waals surface area contributed by atoms with Gasteiger partial charge in [0.25, 0.3) is 5.91 Å². The molecule has 3 nitrogen and oxygen atoms in total. The molecule has 0 aliphatic carbocycles. The number of hydrogen-bond acceptors (Lipinski definition) is 2. The number of hydrogen-bond donors (Lipinski definition) is 1. The lowest BCUT2D eigenvalue weighted by Crippen LogP contribution is -2.12. The van der Waals surface area contributed by atoms with E-state index in [9.17, 15) is 4.79 Å². The lowest BCUT2D eigenvalue weighted by Gasteiger charge is -2.06. The van der Waals surface area contributed by atoms with Crippen molar-refractivity contribution in [3.05, 3.63) is 58.4 Å². The van der Waals surface area contributed by atoms with Crippen LogP contribution < -0.4 is 5.32 Å². The molecule has 0 spiro atoms. The molecule has 0 atom stereocenters. The average Bonchev–Trinajstić information content (AvgIpc) is 2.31. The number of carbonyl (C=O) groups excluding carboxylic acids is 1. The molecule has 0 fully saturated rings. The van der Waals surface area contributed by atoms with Gasteiger partial charge in [-0.1, -0.05) is 28.8 Å². The van der Waals surface area contributed by atoms with E-state index in [1.165, 1.54) is 6.20 Å². The summed E-state index contributed by atoms with van der Waals surface area (Å²) in [5.74, 6) is -0.147. The predicted molar refractivity (Wildman–Crippen MR) is 73.1 cm³/mol. The molecule has 0 radical (unpaired) electrons. The maximum atomic E-state index is 12.0. The third-order valence-corrected chi connectivity index (χ3v) is 2.69. The topological polar surface area (TPSA) is 42.0 Å². The molecule has 0 aliphatic rings. The Morgan fingerprint density at radius 2 is 1.83 bits per heavy atom. The zero-order valence-electron chi connectivity index (χ0n) is 10.2. The van der Waals surface area contributed by atoms with Crippen LogP contribution in [0.3, 0.4) is 0 Å².